The molecule has 0 saturated heterocycles. The summed E-state index contributed by atoms with van der Waals surface area (Å²) in [7, 11) is 0. The summed E-state index contributed by atoms with van der Waals surface area (Å²) in [5.74, 6) is -0.594. The van der Waals surface area contributed by atoms with Gasteiger partial charge in [-0.05, 0) is 143 Å². The molecule has 262 valence electrons. The van der Waals surface area contributed by atoms with Crippen LogP contribution in [0.3, 0.4) is 0 Å². The van der Waals surface area contributed by atoms with E-state index in [9.17, 15) is 20.1 Å². The molecule has 6 aliphatic rings. The number of hydrogen-bond acceptors (Lipinski definition) is 5. The average Bonchev–Trinajstić information content (AvgIpc) is 3.70. The summed E-state index contributed by atoms with van der Waals surface area (Å²) in [4.78, 5) is 11.4. The molecule has 7 heteroatoms. The number of carbonyl (C=O) groups excluding carboxylic acids is 1. The number of hydrogen-bond donors (Lipinski definition) is 2. The Kier molecular flexibility index (Phi) is 8.23. The number of benzene rings is 1. The predicted octanol–water partition coefficient (Wildman–Crippen LogP) is 4.21. The van der Waals surface area contributed by atoms with Gasteiger partial charge in [0.05, 0.1) is 40.9 Å². The Morgan fingerprint density at radius 3 is 2.40 bits per heavy atom. The summed E-state index contributed by atoms with van der Waals surface area (Å²) in [5, 5.41) is 36.6. The van der Waals surface area contributed by atoms with Crippen molar-refractivity contribution >= 4 is 22.4 Å². The summed E-state index contributed by atoms with van der Waals surface area (Å²) >= 11 is 0. The molecule has 2 fully saturated rings. The summed E-state index contributed by atoms with van der Waals surface area (Å²) in [6.07, 6.45) is 12.3. The molecular formula is C43H54NNaO5. The molecule has 1 aromatic heterocycles. The van der Waals surface area contributed by atoms with Gasteiger partial charge in [0, 0.05) is 27.8 Å². The normalized spacial score (nSPS) is 38.9. The van der Waals surface area contributed by atoms with Gasteiger partial charge in [-0.3, -0.25) is 0 Å². The van der Waals surface area contributed by atoms with Crippen molar-refractivity contribution < 1.29 is 54.4 Å². The minimum absolute atomic E-state index is 0. The molecule has 8 rings (SSSR count). The van der Waals surface area contributed by atoms with Gasteiger partial charge in [0.15, 0.2) is 0 Å². The van der Waals surface area contributed by atoms with E-state index in [1.807, 2.05) is 6.08 Å². The molecule has 2 aliphatic heterocycles. The van der Waals surface area contributed by atoms with Gasteiger partial charge in [0.1, 0.15) is 0 Å². The second kappa shape index (κ2) is 11.3. The molecule has 0 radical (unpaired) electrons. The molecule has 0 amide bonds. The number of aliphatic carboxylic acids is 1. The Morgan fingerprint density at radius 1 is 1.04 bits per heavy atom. The Hall–Kier alpha value is -1.93. The number of allylic oxidation sites excluding steroid dienone is 3. The van der Waals surface area contributed by atoms with E-state index in [0.717, 1.165) is 43.2 Å². The second-order valence-electron chi connectivity index (χ2n) is 18.4. The SMILES string of the molecule is C=C(C)[C@H]1Cc2c3c(cc4c5c(n1c24)[C@@]1(C)[C@@H](CCC2[C@](C)(/C=C/C=C(\C)C(=O)[O-])[C@@H](O)CC[C@@]21C)C5)C1=CC(C)(C)OC(C)(C)[C@H]1[C@@H]3O.[Na+]. The maximum atomic E-state index is 12.2. The number of aliphatic hydroxyl groups is 2. The summed E-state index contributed by atoms with van der Waals surface area (Å²) < 4.78 is 9.24. The quantitative estimate of drug-likeness (QED) is 0.218. The number of nitrogens with zero attached hydrogens (tertiary/aromatic N) is 1. The number of carbonyl (C=O) groups is 1. The minimum Gasteiger partial charge on any atom is -0.545 e. The van der Waals surface area contributed by atoms with E-state index in [-0.39, 0.29) is 63.8 Å². The number of carboxylic acid groups (broad SMARTS) is 1. The van der Waals surface area contributed by atoms with Crippen molar-refractivity contribution in [1.82, 2.24) is 4.57 Å². The van der Waals surface area contributed by atoms with Crippen molar-refractivity contribution in [2.75, 3.05) is 0 Å². The Bertz CT molecular complexity index is 1940. The van der Waals surface area contributed by atoms with Gasteiger partial charge in [0.25, 0.3) is 0 Å². The van der Waals surface area contributed by atoms with Crippen LogP contribution in [0.5, 0.6) is 0 Å². The third kappa shape index (κ3) is 4.51. The van der Waals surface area contributed by atoms with Crippen LogP contribution in [0.1, 0.15) is 128 Å². The number of fused-ring (bicyclic) bond motifs is 11. The van der Waals surface area contributed by atoms with Crippen LogP contribution >= 0.6 is 0 Å². The van der Waals surface area contributed by atoms with Crippen LogP contribution in [-0.4, -0.2) is 38.1 Å². The fourth-order valence-electron chi connectivity index (χ4n) is 12.7. The Labute approximate surface area is 320 Å². The van der Waals surface area contributed by atoms with Crippen LogP contribution in [0.15, 0.2) is 48.1 Å². The molecule has 1 aromatic carbocycles. The minimum atomic E-state index is -1.17. The van der Waals surface area contributed by atoms with E-state index >= 15 is 0 Å². The largest absolute Gasteiger partial charge is 1.00 e. The van der Waals surface area contributed by atoms with Crippen molar-refractivity contribution in [1.29, 1.82) is 0 Å². The predicted molar refractivity (Wildman–Crippen MR) is 192 cm³/mol. The Balaban J connectivity index is 0.00000392. The van der Waals surface area contributed by atoms with Gasteiger partial charge in [-0.25, -0.2) is 0 Å². The molecule has 1 unspecified atom stereocenters. The summed E-state index contributed by atoms with van der Waals surface area (Å²) in [5.41, 5.74) is 8.66. The van der Waals surface area contributed by atoms with E-state index in [1.54, 1.807) is 13.0 Å². The van der Waals surface area contributed by atoms with Crippen LogP contribution in [-0.2, 0) is 27.8 Å². The van der Waals surface area contributed by atoms with Crippen molar-refractivity contribution in [2.24, 2.45) is 28.6 Å². The summed E-state index contributed by atoms with van der Waals surface area (Å²) in [6.45, 7) is 24.0. The zero-order valence-corrected chi connectivity index (χ0v) is 33.9. The number of aliphatic hydroxyl groups excluding tert-OH is 2. The standard InChI is InChI=1S/C43H55NO5.Na/c1-22(2)30-20-28-33-25(29-21-39(4,5)49-40(6,7)34(29)36(33)46)19-26-27-18-24-13-14-31-41(8,16-11-12-23(3)38(47)48)32(45)15-17-42(31,9)43(24,10)37(27)44(30)35(26)28;/h11-12,16,19,21,24,30-32,34,36,45-46H,1,13-15,17-18,20H2,2-10H3,(H,47,48);/q;+1/p-1/b16-11+,23-12+;/t24-,30+,31?,32-,34+,36+,41-,42-,43+;/m0./s1. The fraction of sp³-hybridized carbons (Fsp3) is 0.605. The molecule has 50 heavy (non-hydrogen) atoms. The molecular weight excluding hydrogens is 633 g/mol. The zero-order chi connectivity index (χ0) is 35.4. The van der Waals surface area contributed by atoms with E-state index in [1.165, 1.54) is 38.9 Å². The first-order valence-corrected chi connectivity index (χ1v) is 18.5. The van der Waals surface area contributed by atoms with E-state index in [4.69, 9.17) is 4.74 Å². The van der Waals surface area contributed by atoms with Crippen LogP contribution in [0, 0.1) is 28.6 Å². The van der Waals surface area contributed by atoms with E-state index < -0.39 is 34.8 Å². The zero-order valence-electron chi connectivity index (χ0n) is 31.9. The molecule has 2 saturated carbocycles. The van der Waals surface area contributed by atoms with E-state index in [0.29, 0.717) is 12.3 Å². The number of ether oxygens (including phenoxy) is 1. The van der Waals surface area contributed by atoms with Gasteiger partial charge in [-0.15, -0.1) is 0 Å². The third-order valence-electron chi connectivity index (χ3n) is 14.9. The topological polar surface area (TPSA) is 94.8 Å². The molecule has 2 N–H and O–H groups in total. The first-order chi connectivity index (χ1) is 22.8. The molecule has 6 nitrogen and oxygen atoms in total. The van der Waals surface area contributed by atoms with Crippen LogP contribution < -0.4 is 34.7 Å². The molecule has 0 bridgehead atoms. The first-order valence-electron chi connectivity index (χ1n) is 18.5. The molecule has 2 aromatic rings. The average molecular weight is 688 g/mol. The van der Waals surface area contributed by atoms with Crippen molar-refractivity contribution in [3.05, 3.63) is 76.0 Å². The van der Waals surface area contributed by atoms with Gasteiger partial charge in [0.2, 0.25) is 0 Å². The van der Waals surface area contributed by atoms with E-state index in [2.05, 4.69) is 84.8 Å². The number of carboxylic acids is 1. The molecule has 9 atom stereocenters. The van der Waals surface area contributed by atoms with Gasteiger partial charge in [-0.1, -0.05) is 51.2 Å². The molecule has 4 aliphatic carbocycles. The maximum Gasteiger partial charge on any atom is 1.00 e. The van der Waals surface area contributed by atoms with Crippen LogP contribution in [0.2, 0.25) is 0 Å². The monoisotopic (exact) mass is 687 g/mol. The van der Waals surface area contributed by atoms with Gasteiger partial charge >= 0.3 is 29.6 Å². The van der Waals surface area contributed by atoms with Crippen molar-refractivity contribution in [3.8, 4) is 0 Å². The number of rotatable bonds is 4. The third-order valence-corrected chi connectivity index (χ3v) is 14.9. The van der Waals surface area contributed by atoms with Gasteiger partial charge in [-0.2, -0.15) is 0 Å². The maximum absolute atomic E-state index is 12.2. The summed E-state index contributed by atoms with van der Waals surface area (Å²) in [6, 6.07) is 2.55. The van der Waals surface area contributed by atoms with Gasteiger partial charge < -0.3 is 29.4 Å². The second-order valence-corrected chi connectivity index (χ2v) is 18.4. The van der Waals surface area contributed by atoms with Crippen LogP contribution in [0.4, 0.5) is 0 Å². The number of aromatic nitrogens is 1. The fourth-order valence-corrected chi connectivity index (χ4v) is 12.7. The smallest absolute Gasteiger partial charge is 0.545 e. The van der Waals surface area contributed by atoms with Crippen molar-refractivity contribution in [2.45, 2.75) is 136 Å². The molecule has 3 heterocycles. The first kappa shape index (κ1) is 36.4. The Morgan fingerprint density at radius 2 is 1.74 bits per heavy atom. The molecule has 0 spiro atoms. The van der Waals surface area contributed by atoms with Crippen LogP contribution in [0.25, 0.3) is 16.5 Å². The van der Waals surface area contributed by atoms with Crippen molar-refractivity contribution in [3.63, 3.8) is 0 Å².